The van der Waals surface area contributed by atoms with Gasteiger partial charge >= 0.3 is 0 Å². The Morgan fingerprint density at radius 2 is 1.92 bits per heavy atom. The molecule has 72 valence electrons. The number of hydrogen-bond acceptors (Lipinski definition) is 2. The summed E-state index contributed by atoms with van der Waals surface area (Å²) in [5.41, 5.74) is 1.24. The number of aryl methyl sites for hydroxylation is 1. The van der Waals surface area contributed by atoms with Crippen molar-refractivity contribution in [1.29, 1.82) is 0 Å². The Bertz CT molecular complexity index is 279. The second-order valence-corrected chi connectivity index (χ2v) is 6.17. The Balaban J connectivity index is 2.54. The lowest BCUT2D eigenvalue weighted by atomic mass is 10.2. The summed E-state index contributed by atoms with van der Waals surface area (Å²) in [4.78, 5) is 1.09. The Labute approximate surface area is 85.8 Å². The molecule has 1 rings (SSSR count). The first-order valence-corrected chi connectivity index (χ1v) is 7.01. The molecule has 0 aliphatic carbocycles. The molecule has 0 aliphatic heterocycles. The van der Waals surface area contributed by atoms with Crippen molar-refractivity contribution in [2.45, 2.75) is 25.2 Å². The van der Waals surface area contributed by atoms with Crippen LogP contribution in [0.2, 0.25) is 0 Å². The smallest absolute Gasteiger partial charge is 0.0852 e. The van der Waals surface area contributed by atoms with Crippen LogP contribution in [0, 0.1) is 6.92 Å². The van der Waals surface area contributed by atoms with Gasteiger partial charge in [0.2, 0.25) is 0 Å². The molecule has 0 fully saturated rings. The fourth-order valence-electron chi connectivity index (χ4n) is 0.909. The molecule has 0 aliphatic rings. The van der Waals surface area contributed by atoms with Crippen LogP contribution >= 0.6 is 10.8 Å². The van der Waals surface area contributed by atoms with Gasteiger partial charge in [-0.05, 0) is 36.3 Å². The lowest BCUT2D eigenvalue weighted by molar-refractivity contribution is 0.690. The van der Waals surface area contributed by atoms with Crippen LogP contribution in [-0.2, 0) is 9.83 Å². The Kier molecular flexibility index (Phi) is 4.53. The topological polar surface area (TPSA) is 17.1 Å². The molecule has 1 aromatic rings. The monoisotopic (exact) mass is 214 g/mol. The second-order valence-electron chi connectivity index (χ2n) is 2.90. The summed E-state index contributed by atoms with van der Waals surface area (Å²) in [5, 5.41) is 0. The van der Waals surface area contributed by atoms with E-state index in [1.807, 2.05) is 31.2 Å². The highest BCUT2D eigenvalue weighted by atomic mass is 33.1. The quantitative estimate of drug-likeness (QED) is 0.716. The average molecular weight is 214 g/mol. The van der Waals surface area contributed by atoms with Crippen LogP contribution in [0.15, 0.2) is 29.2 Å². The van der Waals surface area contributed by atoms with Gasteiger partial charge in [-0.15, -0.1) is 0 Å². The number of rotatable bonds is 4. The maximum absolute atomic E-state index is 11.4. The van der Waals surface area contributed by atoms with Gasteiger partial charge in [0.05, 0.1) is 9.83 Å². The zero-order valence-corrected chi connectivity index (χ0v) is 9.58. The largest absolute Gasteiger partial charge is 0.248 e. The molecule has 1 atom stereocenters. The third kappa shape index (κ3) is 3.96. The predicted octanol–water partition coefficient (Wildman–Crippen LogP) is 3.16. The van der Waals surface area contributed by atoms with E-state index in [9.17, 15) is 4.21 Å². The van der Waals surface area contributed by atoms with Crippen LogP contribution < -0.4 is 0 Å². The molecular formula is C10H14OS2. The summed E-state index contributed by atoms with van der Waals surface area (Å²) >= 11 is 0. The van der Waals surface area contributed by atoms with Gasteiger partial charge in [-0.2, -0.15) is 0 Å². The first-order chi connectivity index (χ1) is 6.22. The molecule has 0 bridgehead atoms. The highest BCUT2D eigenvalue weighted by Crippen LogP contribution is 2.22. The van der Waals surface area contributed by atoms with E-state index in [1.165, 1.54) is 16.4 Å². The summed E-state index contributed by atoms with van der Waals surface area (Å²) in [7, 11) is 0.688. The first-order valence-electron chi connectivity index (χ1n) is 4.35. The molecule has 13 heavy (non-hydrogen) atoms. The van der Waals surface area contributed by atoms with E-state index in [-0.39, 0.29) is 0 Å². The summed E-state index contributed by atoms with van der Waals surface area (Å²) in [5.74, 6) is 0.776. The van der Waals surface area contributed by atoms with E-state index in [2.05, 4.69) is 6.92 Å². The third-order valence-electron chi connectivity index (χ3n) is 1.58. The second kappa shape index (κ2) is 5.45. The molecule has 0 aromatic heterocycles. The van der Waals surface area contributed by atoms with E-state index in [0.29, 0.717) is 0 Å². The maximum Gasteiger partial charge on any atom is 0.0852 e. The molecule has 1 nitrogen and oxygen atoms in total. The Morgan fingerprint density at radius 1 is 1.31 bits per heavy atom. The van der Waals surface area contributed by atoms with Gasteiger partial charge in [-0.3, -0.25) is 0 Å². The van der Waals surface area contributed by atoms with Gasteiger partial charge in [-0.1, -0.05) is 24.6 Å². The Hall–Kier alpha value is -0.280. The van der Waals surface area contributed by atoms with Crippen molar-refractivity contribution in [3.8, 4) is 0 Å². The van der Waals surface area contributed by atoms with Gasteiger partial charge in [0.15, 0.2) is 0 Å². The molecule has 1 aromatic carbocycles. The lowest BCUT2D eigenvalue weighted by Crippen LogP contribution is -1.89. The highest BCUT2D eigenvalue weighted by molar-refractivity contribution is 8.69. The molecule has 1 unspecified atom stereocenters. The van der Waals surface area contributed by atoms with Crippen LogP contribution in [0.3, 0.4) is 0 Å². The zero-order chi connectivity index (χ0) is 9.68. The summed E-state index contributed by atoms with van der Waals surface area (Å²) < 4.78 is 11.4. The summed E-state index contributed by atoms with van der Waals surface area (Å²) in [6.45, 7) is 4.10. The van der Waals surface area contributed by atoms with Crippen molar-refractivity contribution in [3.63, 3.8) is 0 Å². The molecule has 0 spiro atoms. The molecule has 0 saturated carbocycles. The van der Waals surface area contributed by atoms with E-state index in [0.717, 1.165) is 17.1 Å². The van der Waals surface area contributed by atoms with Crippen LogP contribution in [0.1, 0.15) is 18.9 Å². The minimum absolute atomic E-state index is 0.761. The molecule has 0 N–H and O–H groups in total. The first kappa shape index (κ1) is 10.8. The van der Waals surface area contributed by atoms with Gasteiger partial charge < -0.3 is 0 Å². The fraction of sp³-hybridized carbons (Fsp3) is 0.400. The average Bonchev–Trinajstić information content (AvgIpc) is 2.09. The van der Waals surface area contributed by atoms with Crippen molar-refractivity contribution >= 4 is 20.6 Å². The molecular weight excluding hydrogens is 200 g/mol. The predicted molar refractivity (Wildman–Crippen MR) is 60.3 cm³/mol. The number of benzene rings is 1. The van der Waals surface area contributed by atoms with Crippen molar-refractivity contribution in [1.82, 2.24) is 0 Å². The minimum Gasteiger partial charge on any atom is -0.248 e. The minimum atomic E-state index is -0.761. The van der Waals surface area contributed by atoms with Gasteiger partial charge in [-0.25, -0.2) is 4.21 Å². The highest BCUT2D eigenvalue weighted by Gasteiger charge is 2.00. The zero-order valence-electron chi connectivity index (χ0n) is 7.95. The summed E-state index contributed by atoms with van der Waals surface area (Å²) in [6.07, 6.45) is 0.978. The van der Waals surface area contributed by atoms with Gasteiger partial charge in [0.25, 0.3) is 0 Å². The SMILES string of the molecule is CCCS(=O)Sc1ccc(C)cc1. The number of hydrogen-bond donors (Lipinski definition) is 0. The van der Waals surface area contributed by atoms with E-state index < -0.39 is 9.83 Å². The van der Waals surface area contributed by atoms with E-state index in [4.69, 9.17) is 0 Å². The van der Waals surface area contributed by atoms with Crippen molar-refractivity contribution < 1.29 is 4.21 Å². The normalized spacial score (nSPS) is 12.8. The van der Waals surface area contributed by atoms with Gasteiger partial charge in [0, 0.05) is 10.6 Å². The standard InChI is InChI=1S/C10H14OS2/c1-3-8-13(11)12-10-6-4-9(2)5-7-10/h4-7H,3,8H2,1-2H3. The van der Waals surface area contributed by atoms with E-state index >= 15 is 0 Å². The van der Waals surface area contributed by atoms with Crippen molar-refractivity contribution in [3.05, 3.63) is 29.8 Å². The molecule has 0 amide bonds. The van der Waals surface area contributed by atoms with Crippen molar-refractivity contribution in [2.75, 3.05) is 5.75 Å². The molecule has 0 radical (unpaired) electrons. The van der Waals surface area contributed by atoms with Crippen molar-refractivity contribution in [2.24, 2.45) is 0 Å². The lowest BCUT2D eigenvalue weighted by Gasteiger charge is -2.00. The van der Waals surface area contributed by atoms with Crippen LogP contribution in [0.25, 0.3) is 0 Å². The molecule has 0 heterocycles. The molecule has 0 saturated heterocycles. The maximum atomic E-state index is 11.4. The van der Waals surface area contributed by atoms with Crippen LogP contribution in [-0.4, -0.2) is 9.96 Å². The van der Waals surface area contributed by atoms with Crippen LogP contribution in [0.5, 0.6) is 0 Å². The van der Waals surface area contributed by atoms with Gasteiger partial charge in [0.1, 0.15) is 0 Å². The molecule has 3 heteroatoms. The van der Waals surface area contributed by atoms with E-state index in [1.54, 1.807) is 0 Å². The third-order valence-corrected chi connectivity index (χ3v) is 4.61. The Morgan fingerprint density at radius 3 is 2.46 bits per heavy atom. The van der Waals surface area contributed by atoms with Crippen LogP contribution in [0.4, 0.5) is 0 Å². The summed E-state index contributed by atoms with van der Waals surface area (Å²) in [6, 6.07) is 8.14. The fourth-order valence-corrected chi connectivity index (χ4v) is 3.52.